The third-order valence-electron chi connectivity index (χ3n) is 3.29. The zero-order valence-electron chi connectivity index (χ0n) is 11.2. The Morgan fingerprint density at radius 3 is 2.68 bits per heavy atom. The molecule has 1 aromatic carbocycles. The van der Waals surface area contributed by atoms with Crippen LogP contribution >= 0.6 is 0 Å². The fourth-order valence-electron chi connectivity index (χ4n) is 2.41. The summed E-state index contributed by atoms with van der Waals surface area (Å²) in [6.45, 7) is 4.40. The summed E-state index contributed by atoms with van der Waals surface area (Å²) >= 11 is 1.66. The van der Waals surface area contributed by atoms with Gasteiger partial charge in [-0.15, -0.1) is 0 Å². The third-order valence-corrected chi connectivity index (χ3v) is 4.04. The van der Waals surface area contributed by atoms with E-state index in [1.54, 1.807) is 16.9 Å². The zero-order chi connectivity index (χ0) is 13.4. The van der Waals surface area contributed by atoms with Gasteiger partial charge in [-0.05, 0) is 0 Å². The summed E-state index contributed by atoms with van der Waals surface area (Å²) in [6, 6.07) is 15.0. The number of benzene rings is 1. The molecule has 0 aliphatic rings. The molecule has 0 amide bonds. The van der Waals surface area contributed by atoms with Crippen molar-refractivity contribution >= 4 is 26.7 Å². The number of hydrogen-bond acceptors (Lipinski definition) is 1. The molecule has 0 bridgehead atoms. The molecule has 96 valence electrons. The van der Waals surface area contributed by atoms with Crippen molar-refractivity contribution < 1.29 is 0 Å². The van der Waals surface area contributed by atoms with Crippen LogP contribution in [0.25, 0.3) is 16.6 Å². The van der Waals surface area contributed by atoms with Crippen LogP contribution in [-0.2, 0) is 0 Å². The Hall–Kier alpha value is -1.53. The van der Waals surface area contributed by atoms with Crippen LogP contribution in [0.5, 0.6) is 0 Å². The van der Waals surface area contributed by atoms with Gasteiger partial charge in [-0.2, -0.15) is 0 Å². The van der Waals surface area contributed by atoms with Gasteiger partial charge in [0, 0.05) is 0 Å². The van der Waals surface area contributed by atoms with Gasteiger partial charge in [-0.25, -0.2) is 0 Å². The van der Waals surface area contributed by atoms with Gasteiger partial charge in [-0.3, -0.25) is 0 Å². The topological polar surface area (TPSA) is 17.3 Å². The van der Waals surface area contributed by atoms with E-state index in [-0.39, 0.29) is 0 Å². The first-order chi connectivity index (χ1) is 9.16. The van der Waals surface area contributed by atoms with Crippen molar-refractivity contribution in [1.29, 1.82) is 0 Å². The molecule has 2 aromatic heterocycles. The van der Waals surface area contributed by atoms with E-state index >= 15 is 0 Å². The molecule has 0 aliphatic heterocycles. The predicted octanol–water partition coefficient (Wildman–Crippen LogP) is 2.38. The average molecular weight is 312 g/mol. The number of hydrogen-bond donors (Lipinski definition) is 0. The Labute approximate surface area is 122 Å². The number of aromatic nitrogens is 2. The van der Waals surface area contributed by atoms with Crippen LogP contribution in [0, 0.1) is 0 Å². The minimum absolute atomic E-state index is 0.418. The molecule has 19 heavy (non-hydrogen) atoms. The third kappa shape index (κ3) is 2.21. The Morgan fingerprint density at radius 1 is 1.11 bits per heavy atom. The van der Waals surface area contributed by atoms with Crippen molar-refractivity contribution in [2.75, 3.05) is 0 Å². The van der Waals surface area contributed by atoms with Crippen molar-refractivity contribution in [1.82, 2.24) is 9.61 Å². The van der Waals surface area contributed by atoms with Crippen molar-refractivity contribution in [2.45, 2.75) is 19.8 Å². The first-order valence-corrected chi connectivity index (χ1v) is 7.71. The average Bonchev–Trinajstić information content (AvgIpc) is 2.78. The van der Waals surface area contributed by atoms with Gasteiger partial charge in [0.2, 0.25) is 0 Å². The van der Waals surface area contributed by atoms with E-state index in [1.165, 1.54) is 26.7 Å². The number of nitrogens with zero attached hydrogens (tertiary/aromatic N) is 2. The Balaban J connectivity index is 2.34. The van der Waals surface area contributed by atoms with Crippen molar-refractivity contribution in [3.05, 3.63) is 54.4 Å². The fourth-order valence-corrected chi connectivity index (χ4v) is 3.02. The van der Waals surface area contributed by atoms with E-state index in [2.05, 4.69) is 50.2 Å². The summed E-state index contributed by atoms with van der Waals surface area (Å²) in [6.07, 6.45) is 2.02. The molecule has 2 nitrogen and oxygen atoms in total. The van der Waals surface area contributed by atoms with Gasteiger partial charge in [0.15, 0.2) is 0 Å². The number of rotatable bonds is 2. The van der Waals surface area contributed by atoms with E-state index in [1.807, 2.05) is 16.8 Å². The molecular formula is C16H17AsN2. The molecule has 0 saturated heterocycles. The molecule has 1 unspecified atom stereocenters. The summed E-state index contributed by atoms with van der Waals surface area (Å²) in [4.78, 5) is 0. The first-order valence-electron chi connectivity index (χ1n) is 6.50. The molecule has 0 spiro atoms. The predicted molar refractivity (Wildman–Crippen MR) is 82.9 cm³/mol. The Kier molecular flexibility index (Phi) is 3.20. The van der Waals surface area contributed by atoms with E-state index in [0.717, 1.165) is 0 Å². The maximum atomic E-state index is 4.74. The second kappa shape index (κ2) is 4.86. The van der Waals surface area contributed by atoms with Gasteiger partial charge in [-0.1, -0.05) is 0 Å². The van der Waals surface area contributed by atoms with Crippen LogP contribution in [0.15, 0.2) is 48.7 Å². The van der Waals surface area contributed by atoms with Crippen LogP contribution < -0.4 is 4.35 Å². The molecule has 3 aromatic rings. The second-order valence-electron chi connectivity index (χ2n) is 5.07. The van der Waals surface area contributed by atoms with Crippen LogP contribution in [-0.4, -0.2) is 26.5 Å². The van der Waals surface area contributed by atoms with Crippen LogP contribution in [0.1, 0.15) is 25.5 Å². The van der Waals surface area contributed by atoms with Crippen LogP contribution in [0.2, 0.25) is 0 Å². The summed E-state index contributed by atoms with van der Waals surface area (Å²) in [5.41, 5.74) is 4.90. The molecule has 2 heterocycles. The summed E-state index contributed by atoms with van der Waals surface area (Å²) in [5, 5.41) is 4.74. The minimum atomic E-state index is 0.418. The molecule has 0 N–H and O–H groups in total. The maximum absolute atomic E-state index is 4.74. The SMILES string of the molecule is CC(C)c1nn2ccccc2c1-c1cccc([AsH2])c1. The van der Waals surface area contributed by atoms with Crippen LogP contribution in [0.3, 0.4) is 0 Å². The standard InChI is InChI=1S/C16H17AsN2/c1-11(2)16-15(12-6-5-7-13(17)10-12)14-8-3-4-9-19(14)18-16/h3-11H,17H2,1-2H3. The molecule has 0 saturated carbocycles. The monoisotopic (exact) mass is 312 g/mol. The first kappa shape index (κ1) is 12.5. The van der Waals surface area contributed by atoms with Gasteiger partial charge in [0.25, 0.3) is 0 Å². The summed E-state index contributed by atoms with van der Waals surface area (Å²) < 4.78 is 3.33. The van der Waals surface area contributed by atoms with Gasteiger partial charge >= 0.3 is 122 Å². The molecule has 3 rings (SSSR count). The summed E-state index contributed by atoms with van der Waals surface area (Å²) in [5.74, 6) is 0.418. The number of fused-ring (bicyclic) bond motifs is 1. The number of pyridine rings is 1. The van der Waals surface area contributed by atoms with Crippen LogP contribution in [0.4, 0.5) is 0 Å². The summed E-state index contributed by atoms with van der Waals surface area (Å²) in [7, 11) is 0. The molecule has 0 fully saturated rings. The quantitative estimate of drug-likeness (QED) is 0.664. The molecular weight excluding hydrogens is 295 g/mol. The zero-order valence-corrected chi connectivity index (χ0v) is 13.6. The second-order valence-corrected chi connectivity index (χ2v) is 6.47. The van der Waals surface area contributed by atoms with Crippen molar-refractivity contribution in [3.63, 3.8) is 0 Å². The van der Waals surface area contributed by atoms with Gasteiger partial charge < -0.3 is 0 Å². The van der Waals surface area contributed by atoms with Gasteiger partial charge in [0.05, 0.1) is 0 Å². The van der Waals surface area contributed by atoms with E-state index in [0.29, 0.717) is 5.92 Å². The van der Waals surface area contributed by atoms with E-state index < -0.39 is 0 Å². The van der Waals surface area contributed by atoms with E-state index in [9.17, 15) is 0 Å². The van der Waals surface area contributed by atoms with Crippen molar-refractivity contribution in [2.24, 2.45) is 0 Å². The molecule has 1 atom stereocenters. The van der Waals surface area contributed by atoms with Crippen molar-refractivity contribution in [3.8, 4) is 11.1 Å². The normalized spacial score (nSPS) is 11.4. The Bertz CT molecular complexity index is 728. The Morgan fingerprint density at radius 2 is 1.95 bits per heavy atom. The van der Waals surface area contributed by atoms with E-state index in [4.69, 9.17) is 5.10 Å². The van der Waals surface area contributed by atoms with Gasteiger partial charge in [0.1, 0.15) is 0 Å². The molecule has 0 aliphatic carbocycles. The molecule has 0 radical (unpaired) electrons. The fraction of sp³-hybridized carbons (Fsp3) is 0.188. The molecule has 3 heteroatoms.